The van der Waals surface area contributed by atoms with Crippen molar-refractivity contribution in [3.05, 3.63) is 34.9 Å². The second-order valence-corrected chi connectivity index (χ2v) is 2.62. The lowest BCUT2D eigenvalue weighted by Gasteiger charge is -2.05. The number of hydrogen-bond acceptors (Lipinski definition) is 3. The number of aliphatic hydroxyl groups is 2. The van der Waals surface area contributed by atoms with E-state index >= 15 is 0 Å². The third-order valence-corrected chi connectivity index (χ3v) is 1.85. The highest BCUT2D eigenvalue weighted by molar-refractivity contribution is 5.31. The Kier molecular flexibility index (Phi) is 3.22. The summed E-state index contributed by atoms with van der Waals surface area (Å²) in [6, 6.07) is 5.45. The van der Waals surface area contributed by atoms with Crippen molar-refractivity contribution >= 4 is 0 Å². The van der Waals surface area contributed by atoms with Crippen LogP contribution in [-0.4, -0.2) is 10.2 Å². The molecule has 1 aromatic carbocycles. The number of benzene rings is 1. The summed E-state index contributed by atoms with van der Waals surface area (Å²) >= 11 is 0. The molecule has 0 aliphatic carbocycles. The summed E-state index contributed by atoms with van der Waals surface area (Å²) in [5.41, 5.74) is 7.90. The molecule has 0 aromatic heterocycles. The van der Waals surface area contributed by atoms with Crippen molar-refractivity contribution < 1.29 is 10.2 Å². The molecule has 0 aliphatic rings. The fourth-order valence-electron chi connectivity index (χ4n) is 1.11. The van der Waals surface area contributed by atoms with E-state index in [0.717, 1.165) is 16.7 Å². The summed E-state index contributed by atoms with van der Waals surface area (Å²) < 4.78 is 0. The molecule has 0 radical (unpaired) electrons. The molecule has 3 nitrogen and oxygen atoms in total. The lowest BCUT2D eigenvalue weighted by atomic mass is 10.1. The zero-order chi connectivity index (χ0) is 8.97. The largest absolute Gasteiger partial charge is 0.392 e. The number of rotatable bonds is 3. The van der Waals surface area contributed by atoms with Gasteiger partial charge in [-0.05, 0) is 16.7 Å². The molecule has 0 amide bonds. The summed E-state index contributed by atoms with van der Waals surface area (Å²) in [6.07, 6.45) is 0. The summed E-state index contributed by atoms with van der Waals surface area (Å²) in [6.45, 7) is 0.364. The van der Waals surface area contributed by atoms with E-state index in [4.69, 9.17) is 15.9 Å². The van der Waals surface area contributed by atoms with Gasteiger partial charge in [0.2, 0.25) is 0 Å². The Morgan fingerprint density at radius 1 is 1.08 bits per heavy atom. The van der Waals surface area contributed by atoms with Gasteiger partial charge in [0.15, 0.2) is 0 Å². The van der Waals surface area contributed by atoms with Crippen LogP contribution in [0.15, 0.2) is 18.2 Å². The molecule has 0 spiro atoms. The lowest BCUT2D eigenvalue weighted by Crippen LogP contribution is -2.00. The highest BCUT2D eigenvalue weighted by atomic mass is 16.3. The summed E-state index contributed by atoms with van der Waals surface area (Å²) in [4.78, 5) is 0. The van der Waals surface area contributed by atoms with Crippen LogP contribution < -0.4 is 5.73 Å². The number of hydrogen-bond donors (Lipinski definition) is 3. The van der Waals surface area contributed by atoms with Gasteiger partial charge >= 0.3 is 0 Å². The molecule has 0 unspecified atom stereocenters. The van der Waals surface area contributed by atoms with E-state index in [1.807, 2.05) is 12.1 Å². The monoisotopic (exact) mass is 167 g/mol. The topological polar surface area (TPSA) is 66.5 Å². The van der Waals surface area contributed by atoms with Crippen molar-refractivity contribution in [3.63, 3.8) is 0 Å². The van der Waals surface area contributed by atoms with E-state index in [0.29, 0.717) is 6.54 Å². The van der Waals surface area contributed by atoms with Crippen molar-refractivity contribution in [2.75, 3.05) is 0 Å². The molecule has 3 heteroatoms. The number of nitrogens with two attached hydrogens (primary N) is 1. The minimum Gasteiger partial charge on any atom is -0.392 e. The third kappa shape index (κ3) is 1.82. The van der Waals surface area contributed by atoms with Gasteiger partial charge in [-0.1, -0.05) is 18.2 Å². The van der Waals surface area contributed by atoms with Crippen molar-refractivity contribution in [1.29, 1.82) is 0 Å². The highest BCUT2D eigenvalue weighted by Gasteiger charge is 2.00. The molecule has 0 heterocycles. The predicted molar refractivity (Wildman–Crippen MR) is 46.2 cm³/mol. The SMILES string of the molecule is NCc1ccc(CO)c(CO)c1. The Hall–Kier alpha value is -0.900. The molecule has 0 saturated carbocycles. The van der Waals surface area contributed by atoms with Crippen LogP contribution in [0.25, 0.3) is 0 Å². The number of aliphatic hydroxyl groups excluding tert-OH is 2. The normalized spacial score (nSPS) is 10.2. The van der Waals surface area contributed by atoms with Crippen LogP contribution in [-0.2, 0) is 19.8 Å². The fraction of sp³-hybridized carbons (Fsp3) is 0.333. The zero-order valence-electron chi connectivity index (χ0n) is 6.83. The molecule has 12 heavy (non-hydrogen) atoms. The molecule has 0 fully saturated rings. The van der Waals surface area contributed by atoms with Gasteiger partial charge in [-0.25, -0.2) is 0 Å². The fourth-order valence-corrected chi connectivity index (χ4v) is 1.11. The molecular weight excluding hydrogens is 154 g/mol. The molecule has 66 valence electrons. The Morgan fingerprint density at radius 2 is 1.75 bits per heavy atom. The Morgan fingerprint density at radius 3 is 2.25 bits per heavy atom. The minimum absolute atomic E-state index is 0.0409. The maximum atomic E-state index is 8.92. The van der Waals surface area contributed by atoms with Crippen LogP contribution in [0.4, 0.5) is 0 Å². The maximum Gasteiger partial charge on any atom is 0.0685 e. The molecular formula is C9H13NO2. The van der Waals surface area contributed by atoms with E-state index in [-0.39, 0.29) is 13.2 Å². The third-order valence-electron chi connectivity index (χ3n) is 1.85. The van der Waals surface area contributed by atoms with Crippen molar-refractivity contribution in [2.45, 2.75) is 19.8 Å². The van der Waals surface area contributed by atoms with E-state index < -0.39 is 0 Å². The van der Waals surface area contributed by atoms with Crippen LogP contribution >= 0.6 is 0 Å². The van der Waals surface area contributed by atoms with Gasteiger partial charge < -0.3 is 15.9 Å². The second kappa shape index (κ2) is 4.21. The zero-order valence-corrected chi connectivity index (χ0v) is 6.83. The molecule has 4 N–H and O–H groups in total. The molecule has 0 aliphatic heterocycles. The first-order chi connectivity index (χ1) is 5.81. The molecule has 0 bridgehead atoms. The first kappa shape index (κ1) is 9.19. The van der Waals surface area contributed by atoms with Gasteiger partial charge in [0, 0.05) is 6.54 Å². The molecule has 0 saturated heterocycles. The minimum atomic E-state index is -0.0519. The second-order valence-electron chi connectivity index (χ2n) is 2.62. The van der Waals surface area contributed by atoms with Crippen molar-refractivity contribution in [2.24, 2.45) is 5.73 Å². The van der Waals surface area contributed by atoms with E-state index in [1.165, 1.54) is 0 Å². The first-order valence-electron chi connectivity index (χ1n) is 3.84. The van der Waals surface area contributed by atoms with Gasteiger partial charge in [0.1, 0.15) is 0 Å². The molecule has 0 atom stereocenters. The highest BCUT2D eigenvalue weighted by Crippen LogP contribution is 2.11. The van der Waals surface area contributed by atoms with E-state index in [1.54, 1.807) is 6.07 Å². The molecule has 1 rings (SSSR count). The quantitative estimate of drug-likeness (QED) is 0.599. The van der Waals surface area contributed by atoms with Gasteiger partial charge in [-0.2, -0.15) is 0 Å². The smallest absolute Gasteiger partial charge is 0.0685 e. The molecule has 1 aromatic rings. The lowest BCUT2D eigenvalue weighted by molar-refractivity contribution is 0.260. The Labute approximate surface area is 71.5 Å². The Balaban J connectivity index is 3.02. The maximum absolute atomic E-state index is 8.92. The van der Waals surface area contributed by atoms with Crippen LogP contribution in [0.2, 0.25) is 0 Å². The van der Waals surface area contributed by atoms with Crippen LogP contribution in [0, 0.1) is 0 Å². The van der Waals surface area contributed by atoms with Gasteiger partial charge in [-0.3, -0.25) is 0 Å². The van der Waals surface area contributed by atoms with Gasteiger partial charge in [0.05, 0.1) is 13.2 Å². The summed E-state index contributed by atoms with van der Waals surface area (Å²) in [7, 11) is 0. The average Bonchev–Trinajstić information content (AvgIpc) is 2.16. The van der Waals surface area contributed by atoms with Gasteiger partial charge in [0.25, 0.3) is 0 Å². The van der Waals surface area contributed by atoms with Crippen LogP contribution in [0.1, 0.15) is 16.7 Å². The van der Waals surface area contributed by atoms with Crippen LogP contribution in [0.3, 0.4) is 0 Å². The average molecular weight is 167 g/mol. The van der Waals surface area contributed by atoms with E-state index in [9.17, 15) is 0 Å². The van der Waals surface area contributed by atoms with Crippen LogP contribution in [0.5, 0.6) is 0 Å². The van der Waals surface area contributed by atoms with Gasteiger partial charge in [-0.15, -0.1) is 0 Å². The van der Waals surface area contributed by atoms with Crippen molar-refractivity contribution in [3.8, 4) is 0 Å². The summed E-state index contributed by atoms with van der Waals surface area (Å²) in [5, 5.41) is 17.8. The summed E-state index contributed by atoms with van der Waals surface area (Å²) in [5.74, 6) is 0. The Bertz CT molecular complexity index is 261. The van der Waals surface area contributed by atoms with E-state index in [2.05, 4.69) is 0 Å². The standard InChI is InChI=1S/C9H13NO2/c10-4-7-1-2-8(5-11)9(3-7)6-12/h1-3,11-12H,4-6,10H2. The van der Waals surface area contributed by atoms with Crippen molar-refractivity contribution in [1.82, 2.24) is 0 Å². The first-order valence-corrected chi connectivity index (χ1v) is 3.84. The predicted octanol–water partition coefficient (Wildman–Crippen LogP) is 0.130.